The maximum absolute atomic E-state index is 11.4. The fraction of sp³-hybridized carbons (Fsp3) is 0.154. The minimum atomic E-state index is -0.386. The highest BCUT2D eigenvalue weighted by Crippen LogP contribution is 2.17. The van der Waals surface area contributed by atoms with Crippen LogP contribution in [0.5, 0.6) is 0 Å². The van der Waals surface area contributed by atoms with Crippen LogP contribution in [0.1, 0.15) is 16.1 Å². The molecule has 18 heavy (non-hydrogen) atoms. The first kappa shape index (κ1) is 12.0. The van der Waals surface area contributed by atoms with Gasteiger partial charge in [0.2, 0.25) is 0 Å². The van der Waals surface area contributed by atoms with E-state index in [2.05, 4.69) is 20.0 Å². The van der Waals surface area contributed by atoms with Crippen molar-refractivity contribution >= 4 is 17.5 Å². The Balaban J connectivity index is 2.25. The van der Waals surface area contributed by atoms with Crippen LogP contribution in [0.4, 0.5) is 11.5 Å². The number of pyridine rings is 2. The summed E-state index contributed by atoms with van der Waals surface area (Å²) >= 11 is 0. The molecule has 0 saturated heterocycles. The third-order valence-corrected chi connectivity index (χ3v) is 2.45. The van der Waals surface area contributed by atoms with Crippen molar-refractivity contribution in [3.8, 4) is 0 Å². The summed E-state index contributed by atoms with van der Waals surface area (Å²) in [5, 5.41) is 3.11. The van der Waals surface area contributed by atoms with Gasteiger partial charge >= 0.3 is 5.97 Å². The van der Waals surface area contributed by atoms with Crippen molar-refractivity contribution in [3.63, 3.8) is 0 Å². The summed E-state index contributed by atoms with van der Waals surface area (Å²) in [4.78, 5) is 19.7. The van der Waals surface area contributed by atoms with E-state index < -0.39 is 0 Å². The highest BCUT2D eigenvalue weighted by molar-refractivity contribution is 5.90. The summed E-state index contributed by atoms with van der Waals surface area (Å²) in [5.74, 6) is 0.192. The molecule has 2 aromatic heterocycles. The normalized spacial score (nSPS) is 9.89. The van der Waals surface area contributed by atoms with E-state index >= 15 is 0 Å². The van der Waals surface area contributed by atoms with Crippen LogP contribution in [0.2, 0.25) is 0 Å². The molecule has 0 radical (unpaired) electrons. The van der Waals surface area contributed by atoms with Crippen molar-refractivity contribution in [2.45, 2.75) is 6.92 Å². The van der Waals surface area contributed by atoms with Crippen LogP contribution < -0.4 is 5.32 Å². The number of hydrogen-bond acceptors (Lipinski definition) is 5. The number of methoxy groups -OCH3 is 1. The van der Waals surface area contributed by atoms with Crippen LogP contribution >= 0.6 is 0 Å². The maximum Gasteiger partial charge on any atom is 0.338 e. The number of carbonyl (C=O) groups is 1. The molecule has 92 valence electrons. The molecule has 0 saturated carbocycles. The molecular formula is C13H13N3O2. The fourth-order valence-electron chi connectivity index (χ4n) is 1.50. The van der Waals surface area contributed by atoms with E-state index in [4.69, 9.17) is 0 Å². The monoisotopic (exact) mass is 243 g/mol. The van der Waals surface area contributed by atoms with Gasteiger partial charge in [-0.3, -0.25) is 4.98 Å². The average Bonchev–Trinajstić information content (AvgIpc) is 2.41. The van der Waals surface area contributed by atoms with Crippen molar-refractivity contribution in [2.75, 3.05) is 12.4 Å². The van der Waals surface area contributed by atoms with Gasteiger partial charge in [-0.05, 0) is 31.2 Å². The number of carbonyl (C=O) groups excluding carboxylic acids is 1. The van der Waals surface area contributed by atoms with Crippen molar-refractivity contribution in [2.24, 2.45) is 0 Å². The standard InChI is InChI=1S/C13H13N3O2/c1-9-11(4-3-6-14-9)16-12-8-10(5-7-15-12)13(17)18-2/h3-8H,1-2H3,(H,15,16). The van der Waals surface area contributed by atoms with Crippen LogP contribution in [0.15, 0.2) is 36.7 Å². The molecule has 1 N–H and O–H groups in total. The van der Waals surface area contributed by atoms with E-state index in [1.54, 1.807) is 24.5 Å². The Morgan fingerprint density at radius 3 is 2.83 bits per heavy atom. The van der Waals surface area contributed by atoms with Gasteiger partial charge in [0, 0.05) is 12.4 Å². The Morgan fingerprint density at radius 1 is 1.28 bits per heavy atom. The molecular weight excluding hydrogens is 230 g/mol. The number of nitrogens with zero attached hydrogens (tertiary/aromatic N) is 2. The minimum Gasteiger partial charge on any atom is -0.465 e. The summed E-state index contributed by atoms with van der Waals surface area (Å²) in [6, 6.07) is 6.97. The van der Waals surface area contributed by atoms with Gasteiger partial charge in [0.25, 0.3) is 0 Å². The lowest BCUT2D eigenvalue weighted by Crippen LogP contribution is -2.03. The second kappa shape index (κ2) is 5.27. The Bertz CT molecular complexity index is 570. The molecule has 2 rings (SSSR count). The number of hydrogen-bond donors (Lipinski definition) is 1. The zero-order valence-electron chi connectivity index (χ0n) is 10.2. The first-order valence-corrected chi connectivity index (χ1v) is 5.43. The van der Waals surface area contributed by atoms with Crippen molar-refractivity contribution < 1.29 is 9.53 Å². The molecule has 0 unspecified atom stereocenters. The Hall–Kier alpha value is -2.43. The van der Waals surface area contributed by atoms with Gasteiger partial charge < -0.3 is 10.1 Å². The molecule has 5 nitrogen and oxygen atoms in total. The quantitative estimate of drug-likeness (QED) is 0.838. The SMILES string of the molecule is COC(=O)c1ccnc(Nc2cccnc2C)c1. The lowest BCUT2D eigenvalue weighted by Gasteiger charge is -2.08. The highest BCUT2D eigenvalue weighted by atomic mass is 16.5. The van der Waals surface area contributed by atoms with Crippen LogP contribution in [0.25, 0.3) is 0 Å². The third kappa shape index (κ3) is 2.63. The zero-order chi connectivity index (χ0) is 13.0. The first-order valence-electron chi connectivity index (χ1n) is 5.43. The van der Waals surface area contributed by atoms with Crippen LogP contribution in [-0.2, 0) is 4.74 Å². The Morgan fingerprint density at radius 2 is 2.11 bits per heavy atom. The molecule has 5 heteroatoms. The lowest BCUT2D eigenvalue weighted by atomic mass is 10.2. The molecule has 2 aromatic rings. The predicted molar refractivity (Wildman–Crippen MR) is 67.8 cm³/mol. The molecule has 0 atom stereocenters. The van der Waals surface area contributed by atoms with Gasteiger partial charge in [-0.1, -0.05) is 0 Å². The Kier molecular flexibility index (Phi) is 3.52. The molecule has 0 fully saturated rings. The van der Waals surface area contributed by atoms with Gasteiger partial charge in [-0.25, -0.2) is 9.78 Å². The van der Waals surface area contributed by atoms with Crippen molar-refractivity contribution in [1.29, 1.82) is 0 Å². The second-order valence-electron chi connectivity index (χ2n) is 3.68. The molecule has 0 aliphatic rings. The highest BCUT2D eigenvalue weighted by Gasteiger charge is 2.07. The topological polar surface area (TPSA) is 64.1 Å². The summed E-state index contributed by atoms with van der Waals surface area (Å²) in [5.41, 5.74) is 2.17. The maximum atomic E-state index is 11.4. The van der Waals surface area contributed by atoms with Gasteiger partial charge in [0.1, 0.15) is 5.82 Å². The predicted octanol–water partition coefficient (Wildman–Crippen LogP) is 2.32. The number of anilines is 2. The van der Waals surface area contributed by atoms with E-state index in [9.17, 15) is 4.79 Å². The van der Waals surface area contributed by atoms with Gasteiger partial charge in [0.15, 0.2) is 0 Å². The van der Waals surface area contributed by atoms with Crippen LogP contribution in [0.3, 0.4) is 0 Å². The molecule has 0 aromatic carbocycles. The van der Waals surface area contributed by atoms with E-state index in [-0.39, 0.29) is 5.97 Å². The summed E-state index contributed by atoms with van der Waals surface area (Å²) in [7, 11) is 1.35. The molecule has 0 aliphatic heterocycles. The molecule has 0 aliphatic carbocycles. The molecule has 0 bridgehead atoms. The van der Waals surface area contributed by atoms with Crippen molar-refractivity contribution in [3.05, 3.63) is 47.9 Å². The minimum absolute atomic E-state index is 0.386. The fourth-order valence-corrected chi connectivity index (χ4v) is 1.50. The number of aromatic nitrogens is 2. The number of rotatable bonds is 3. The average molecular weight is 243 g/mol. The number of esters is 1. The Labute approximate surface area is 105 Å². The van der Waals surface area contributed by atoms with Gasteiger partial charge in [0.05, 0.1) is 24.1 Å². The number of aryl methyl sites for hydroxylation is 1. The summed E-state index contributed by atoms with van der Waals surface area (Å²) in [6.45, 7) is 1.90. The van der Waals surface area contributed by atoms with Crippen LogP contribution in [-0.4, -0.2) is 23.0 Å². The summed E-state index contributed by atoms with van der Waals surface area (Å²) in [6.07, 6.45) is 3.28. The van der Waals surface area contributed by atoms with Crippen molar-refractivity contribution in [1.82, 2.24) is 9.97 Å². The van der Waals surface area contributed by atoms with E-state index in [0.29, 0.717) is 11.4 Å². The van der Waals surface area contributed by atoms with E-state index in [0.717, 1.165) is 11.4 Å². The zero-order valence-corrected chi connectivity index (χ0v) is 10.2. The molecule has 0 spiro atoms. The largest absolute Gasteiger partial charge is 0.465 e. The lowest BCUT2D eigenvalue weighted by molar-refractivity contribution is 0.0600. The van der Waals surface area contributed by atoms with Crippen LogP contribution in [0, 0.1) is 6.92 Å². The van der Waals surface area contributed by atoms with E-state index in [1.165, 1.54) is 7.11 Å². The van der Waals surface area contributed by atoms with Gasteiger partial charge in [-0.15, -0.1) is 0 Å². The number of ether oxygens (including phenoxy) is 1. The van der Waals surface area contributed by atoms with Gasteiger partial charge in [-0.2, -0.15) is 0 Å². The molecule has 2 heterocycles. The summed E-state index contributed by atoms with van der Waals surface area (Å²) < 4.78 is 4.66. The second-order valence-corrected chi connectivity index (χ2v) is 3.68. The number of nitrogens with one attached hydrogen (secondary N) is 1. The van der Waals surface area contributed by atoms with E-state index in [1.807, 2.05) is 19.1 Å². The smallest absolute Gasteiger partial charge is 0.338 e. The third-order valence-electron chi connectivity index (χ3n) is 2.45. The molecule has 0 amide bonds. The first-order chi connectivity index (χ1) is 8.70.